The van der Waals surface area contributed by atoms with Gasteiger partial charge < -0.3 is 19.3 Å². The summed E-state index contributed by atoms with van der Waals surface area (Å²) in [4.78, 5) is 9.25. The lowest BCUT2D eigenvalue weighted by Crippen LogP contribution is -2.30. The zero-order chi connectivity index (χ0) is 31.3. The number of hydrogen-bond acceptors (Lipinski definition) is 7. The first-order valence-electron chi connectivity index (χ1n) is 13.3. The fraction of sp³-hybridized carbons (Fsp3) is 0.690. The van der Waals surface area contributed by atoms with Gasteiger partial charge in [0.15, 0.2) is 13.3 Å². The van der Waals surface area contributed by atoms with Crippen LogP contribution in [0.25, 0.3) is 0 Å². The summed E-state index contributed by atoms with van der Waals surface area (Å²) in [6, 6.07) is 0. The van der Waals surface area contributed by atoms with Crippen molar-refractivity contribution in [1.29, 1.82) is 0 Å². The van der Waals surface area contributed by atoms with Gasteiger partial charge in [-0.15, -0.1) is 6.58 Å². The second-order valence-corrected chi connectivity index (χ2v) is 10.6. The third kappa shape index (κ3) is 36.0. The number of hydrogen-bond donors (Lipinski definition) is 0. The van der Waals surface area contributed by atoms with Crippen molar-refractivity contribution in [3.63, 3.8) is 0 Å². The van der Waals surface area contributed by atoms with Crippen LogP contribution in [0.5, 0.6) is 0 Å². The Hall–Kier alpha value is -1.98. The third-order valence-electron chi connectivity index (χ3n) is 5.14. The molecule has 0 atom stereocenters. The monoisotopic (exact) mass is 577 g/mol. The zero-order valence-electron chi connectivity index (χ0n) is 27.4. The lowest BCUT2D eigenvalue weighted by molar-refractivity contribution is -0.757. The van der Waals surface area contributed by atoms with Crippen molar-refractivity contribution in [2.24, 2.45) is 0 Å². The van der Waals surface area contributed by atoms with Gasteiger partial charge in [-0.2, -0.15) is 0 Å². The Morgan fingerprint density at radius 2 is 1.56 bits per heavy atom. The van der Waals surface area contributed by atoms with Crippen LogP contribution in [0.4, 0.5) is 0 Å². The minimum atomic E-state index is -3.03. The highest BCUT2D eigenvalue weighted by Crippen LogP contribution is 2.03. The highest BCUT2D eigenvalue weighted by molar-refractivity contribution is 7.88. The van der Waals surface area contributed by atoms with E-state index in [0.717, 1.165) is 31.9 Å². The Kier molecular flexibility index (Phi) is 34.5. The molecule has 0 aliphatic rings. The van der Waals surface area contributed by atoms with Crippen molar-refractivity contribution in [3.8, 4) is 0 Å². The molecule has 9 nitrogen and oxygen atoms in total. The summed E-state index contributed by atoms with van der Waals surface area (Å²) in [7, 11) is 7.90. The van der Waals surface area contributed by atoms with E-state index in [4.69, 9.17) is 9.47 Å². The normalized spacial score (nSPS) is 12.4. The number of nitrogens with zero attached hydrogens (tertiary/aromatic N) is 4. The molecule has 0 fully saturated rings. The molecule has 0 amide bonds. The van der Waals surface area contributed by atoms with E-state index in [1.54, 1.807) is 19.0 Å². The van der Waals surface area contributed by atoms with Gasteiger partial charge in [0.2, 0.25) is 10.0 Å². The van der Waals surface area contributed by atoms with E-state index in [2.05, 4.69) is 42.2 Å². The topological polar surface area (TPSA) is 74.6 Å². The number of ether oxygens (including phenoxy) is 2. The molecular formula is C29H61N4O5S+. The smallest absolute Gasteiger partial charge is 0.211 e. The molecule has 0 aromatic heterocycles. The third-order valence-corrected chi connectivity index (χ3v) is 6.45. The molecule has 39 heavy (non-hydrogen) atoms. The Labute approximate surface area is 242 Å². The van der Waals surface area contributed by atoms with Crippen LogP contribution in [-0.2, 0) is 24.3 Å². The van der Waals surface area contributed by atoms with Crippen LogP contribution in [0.3, 0.4) is 0 Å². The standard InChI is InChI=1S/C10H16O.C9H20N2.C6H15NO3S.C4H10NO/c1-5-7-9(3)8-10(6-2)11-4;1-5-7-11(4)9-8-10(3)6-2;1-4-10-6-5-7(2)11(3,8)9;1-4-5(2)6-3/h5-8H,1-4H3;5H,1,6-9H2,2-4H3;4-6H2,1-3H3;4H,1-3H3/q;;;+1/b7-5+,9-8-,10-6+;;;5-4+. The number of likely N-dealkylation sites (N-methyl/N-ethyl adjacent to an activating group) is 3. The molecule has 0 bridgehead atoms. The van der Waals surface area contributed by atoms with Crippen molar-refractivity contribution in [1.82, 2.24) is 14.1 Å². The van der Waals surface area contributed by atoms with Gasteiger partial charge in [-0.1, -0.05) is 25.2 Å². The molecule has 0 unspecified atom stereocenters. The first-order chi connectivity index (χ1) is 18.2. The van der Waals surface area contributed by atoms with Gasteiger partial charge in [-0.25, -0.2) is 12.7 Å². The molecule has 0 radical (unpaired) electrons. The number of allylic oxidation sites excluding steroid dienone is 5. The van der Waals surface area contributed by atoms with Crippen LogP contribution >= 0.6 is 0 Å². The van der Waals surface area contributed by atoms with E-state index >= 15 is 0 Å². The predicted molar refractivity (Wildman–Crippen MR) is 169 cm³/mol. The summed E-state index contributed by atoms with van der Waals surface area (Å²) in [6.45, 7) is 21.5. The second-order valence-electron chi connectivity index (χ2n) is 8.50. The summed E-state index contributed by atoms with van der Waals surface area (Å²) in [5.74, 6) is 0.903. The molecule has 0 aromatic rings. The Morgan fingerprint density at radius 3 is 1.90 bits per heavy atom. The number of methoxy groups -OCH3 is 1. The van der Waals surface area contributed by atoms with Gasteiger partial charge >= 0.3 is 0 Å². The molecule has 0 rings (SSSR count). The molecule has 0 aromatic carbocycles. The molecule has 0 aliphatic carbocycles. The molecule has 0 heterocycles. The van der Waals surface area contributed by atoms with Gasteiger partial charge in [0, 0.05) is 46.8 Å². The second kappa shape index (κ2) is 30.6. The van der Waals surface area contributed by atoms with Gasteiger partial charge in [-0.05, 0) is 70.8 Å². The summed E-state index contributed by atoms with van der Waals surface area (Å²) in [5.41, 5.74) is 1.20. The average molecular weight is 578 g/mol. The molecule has 0 saturated carbocycles. The predicted octanol–water partition coefficient (Wildman–Crippen LogP) is 4.31. The molecule has 0 saturated heterocycles. The van der Waals surface area contributed by atoms with Crippen LogP contribution < -0.4 is 0 Å². The molecule has 0 spiro atoms. The maximum atomic E-state index is 10.8. The molecule has 10 heteroatoms. The summed E-state index contributed by atoms with van der Waals surface area (Å²) >= 11 is 0. The molecule has 0 aliphatic heterocycles. The fourth-order valence-electron chi connectivity index (χ4n) is 2.22. The lowest BCUT2D eigenvalue weighted by atomic mass is 10.2. The Morgan fingerprint density at radius 1 is 1.00 bits per heavy atom. The van der Waals surface area contributed by atoms with Crippen LogP contribution in [0.2, 0.25) is 0 Å². The largest absolute Gasteiger partial charge is 0.497 e. The van der Waals surface area contributed by atoms with Crippen LogP contribution in [0.1, 0.15) is 41.5 Å². The van der Waals surface area contributed by atoms with Crippen molar-refractivity contribution >= 4 is 16.2 Å². The summed E-state index contributed by atoms with van der Waals surface area (Å²) in [5, 5.41) is 0. The van der Waals surface area contributed by atoms with Gasteiger partial charge in [0.25, 0.3) is 0 Å². The lowest BCUT2D eigenvalue weighted by Gasteiger charge is -2.19. The van der Waals surface area contributed by atoms with Crippen molar-refractivity contribution in [2.45, 2.75) is 41.5 Å². The quantitative estimate of drug-likeness (QED) is 0.0546. The van der Waals surface area contributed by atoms with Crippen LogP contribution in [0, 0.1) is 0 Å². The van der Waals surface area contributed by atoms with E-state index in [-0.39, 0.29) is 0 Å². The van der Waals surface area contributed by atoms with Crippen molar-refractivity contribution < 1.29 is 27.5 Å². The fourth-order valence-corrected chi connectivity index (χ4v) is 2.62. The van der Waals surface area contributed by atoms with E-state index in [1.807, 2.05) is 78.3 Å². The van der Waals surface area contributed by atoms with E-state index in [0.29, 0.717) is 19.8 Å². The summed E-state index contributed by atoms with van der Waals surface area (Å²) in [6.07, 6.45) is 12.9. The molecular weight excluding hydrogens is 516 g/mol. The Bertz CT molecular complexity index is 793. The van der Waals surface area contributed by atoms with E-state index in [1.165, 1.54) is 23.2 Å². The number of rotatable bonds is 15. The average Bonchev–Trinajstić information content (AvgIpc) is 2.90. The van der Waals surface area contributed by atoms with Gasteiger partial charge in [0.1, 0.15) is 12.9 Å². The highest BCUT2D eigenvalue weighted by Gasteiger charge is 2.08. The summed E-state index contributed by atoms with van der Waals surface area (Å²) < 4.78 is 34.5. The van der Waals surface area contributed by atoms with Gasteiger partial charge in [-0.3, -0.25) is 4.84 Å². The maximum Gasteiger partial charge on any atom is 0.211 e. The minimum Gasteiger partial charge on any atom is -0.497 e. The van der Waals surface area contributed by atoms with Crippen molar-refractivity contribution in [3.05, 3.63) is 48.3 Å². The van der Waals surface area contributed by atoms with Crippen molar-refractivity contribution in [2.75, 3.05) is 94.6 Å². The molecule has 232 valence electrons. The van der Waals surface area contributed by atoms with Gasteiger partial charge in [0.05, 0.1) is 20.0 Å². The first kappa shape index (κ1) is 44.1. The van der Waals surface area contributed by atoms with E-state index in [9.17, 15) is 8.42 Å². The minimum absolute atomic E-state index is 0.423. The highest BCUT2D eigenvalue weighted by atomic mass is 32.2. The number of sulfonamides is 1. The number of hydroxylamine groups is 1. The Balaban J connectivity index is -0.000000214. The zero-order valence-corrected chi connectivity index (χ0v) is 28.2. The SMILES string of the molecule is C/C=C/C(C)=C\C(=C/C)OC.C/C=[N+](\C)OC.C=CCN(C)CCN(C)CC.CCOCCN(C)S(C)(=O)=O. The molecule has 0 N–H and O–H groups in total. The van der Waals surface area contributed by atoms with Crippen LogP contribution in [0.15, 0.2) is 48.3 Å². The van der Waals surface area contributed by atoms with Crippen LogP contribution in [-0.4, -0.2) is 128 Å². The van der Waals surface area contributed by atoms with E-state index < -0.39 is 10.0 Å². The maximum absolute atomic E-state index is 10.8. The first-order valence-corrected chi connectivity index (χ1v) is 15.1.